The first-order valence-corrected chi connectivity index (χ1v) is 21.5. The van der Waals surface area contributed by atoms with E-state index in [0.717, 1.165) is 24.8 Å². The molecule has 4 bridgehead atoms. The molecule has 1 heterocycles. The van der Waals surface area contributed by atoms with Crippen molar-refractivity contribution in [1.29, 1.82) is 0 Å². The van der Waals surface area contributed by atoms with Gasteiger partial charge < -0.3 is 31.5 Å². The van der Waals surface area contributed by atoms with Crippen molar-refractivity contribution in [2.24, 2.45) is 23.3 Å². The number of carbonyl (C=O) groups is 5. The van der Waals surface area contributed by atoms with E-state index >= 15 is 0 Å². The summed E-state index contributed by atoms with van der Waals surface area (Å²) in [5.74, 6) is -2.47. The molecule has 0 aromatic heterocycles. The topological polar surface area (TPSA) is 182 Å². The second-order valence-corrected chi connectivity index (χ2v) is 16.1. The van der Waals surface area contributed by atoms with E-state index in [0.29, 0.717) is 54.7 Å². The number of rotatable bonds is 24. The molecule has 2 aromatic carbocycles. The van der Waals surface area contributed by atoms with Gasteiger partial charge in [0.05, 0.1) is 6.04 Å². The van der Waals surface area contributed by atoms with Crippen LogP contribution >= 0.6 is 0 Å². The van der Waals surface area contributed by atoms with Crippen molar-refractivity contribution in [2.45, 2.75) is 148 Å². The number of nitrogens with zero attached hydrogens (tertiary/aromatic N) is 1. The van der Waals surface area contributed by atoms with Crippen LogP contribution in [0.2, 0.25) is 0 Å². The van der Waals surface area contributed by atoms with Gasteiger partial charge in [-0.25, -0.2) is 0 Å². The van der Waals surface area contributed by atoms with Gasteiger partial charge in [0.25, 0.3) is 0 Å². The molecular weight excluding hydrogens is 721 g/mol. The smallest absolute Gasteiger partial charge is 0.226 e. The highest BCUT2D eigenvalue weighted by Crippen LogP contribution is 2.40. The summed E-state index contributed by atoms with van der Waals surface area (Å²) in [4.78, 5) is 69.8. The third-order valence-electron chi connectivity index (χ3n) is 11.2. The van der Waals surface area contributed by atoms with Crippen molar-refractivity contribution >= 4 is 29.2 Å². The Morgan fingerprint density at radius 3 is 2.16 bits per heavy atom. The van der Waals surface area contributed by atoms with Crippen molar-refractivity contribution in [3.05, 3.63) is 47.5 Å². The second kappa shape index (κ2) is 25.3. The van der Waals surface area contributed by atoms with E-state index in [1.807, 2.05) is 0 Å². The molecule has 0 aliphatic carbocycles. The molecule has 1 aliphatic heterocycles. The number of nitrogens with two attached hydrogens (primary N) is 2. The first-order chi connectivity index (χ1) is 27.4. The summed E-state index contributed by atoms with van der Waals surface area (Å²) >= 11 is 0. The lowest BCUT2D eigenvalue weighted by Crippen LogP contribution is -2.45. The Balaban J connectivity index is 1.90. The molecule has 0 radical (unpaired) electrons. The lowest BCUT2D eigenvalue weighted by Gasteiger charge is -2.32. The van der Waals surface area contributed by atoms with Gasteiger partial charge in [-0.2, -0.15) is 0 Å². The highest BCUT2D eigenvalue weighted by Gasteiger charge is 2.35. The molecule has 11 nitrogen and oxygen atoms in total. The average Bonchev–Trinajstić information content (AvgIpc) is 3.18. The molecule has 0 spiro atoms. The largest absolute Gasteiger partial charge is 0.507 e. The predicted molar refractivity (Wildman–Crippen MR) is 226 cm³/mol. The van der Waals surface area contributed by atoms with E-state index < -0.39 is 29.8 Å². The molecule has 4 atom stereocenters. The summed E-state index contributed by atoms with van der Waals surface area (Å²) in [6, 6.07) is 8.12. The van der Waals surface area contributed by atoms with E-state index in [-0.39, 0.29) is 61.4 Å². The summed E-state index contributed by atoms with van der Waals surface area (Å²) in [5.41, 5.74) is 13.6. The Hall–Kier alpha value is -4.09. The molecule has 6 N–H and O–H groups in total. The van der Waals surface area contributed by atoms with Crippen LogP contribution in [-0.4, -0.2) is 72.0 Å². The first-order valence-electron chi connectivity index (χ1n) is 21.5. The molecule has 1 aliphatic rings. The standard InChI is InChI=1S/C46H70N4O7/c1-5-6-7-8-9-10-11-12-13-14-15-19-37(52)30-36(18-16-17-24-47)46(56)50(4)44-35-21-22-41(53)38(31-35)39-28-34(20-23-43(39)57-26-25-48)29-40(33(3)51)49-45(55)32(2)27-42(44)54/h20-23,28,31-32,36,40,44,53H,5-19,24-27,29-30,47-48H2,1-4H3,(H,49,55)/t32-,36-,40+,44+/m1/s1. The van der Waals surface area contributed by atoms with Crippen LogP contribution in [-0.2, 0) is 30.4 Å². The van der Waals surface area contributed by atoms with Crippen molar-refractivity contribution in [3.8, 4) is 22.6 Å². The highest BCUT2D eigenvalue weighted by molar-refractivity contribution is 5.96. The Morgan fingerprint density at radius 2 is 1.53 bits per heavy atom. The van der Waals surface area contributed by atoms with Gasteiger partial charge in [-0.15, -0.1) is 0 Å². The van der Waals surface area contributed by atoms with Gasteiger partial charge >= 0.3 is 0 Å². The molecule has 0 saturated carbocycles. The SMILES string of the molecule is CCCCCCCCCCCCCC(=O)C[C@@H](CCCCN)C(=O)N(C)[C@@H]1C(=O)C[C@@H](C)C(=O)N[C@H](C(C)=O)Cc2ccc(OCCN)c(c2)-c2cc1ccc2O. The fourth-order valence-corrected chi connectivity index (χ4v) is 7.75. The molecule has 0 fully saturated rings. The summed E-state index contributed by atoms with van der Waals surface area (Å²) in [5, 5.41) is 14.1. The van der Waals surface area contributed by atoms with Gasteiger partial charge in [-0.05, 0) is 74.5 Å². The summed E-state index contributed by atoms with van der Waals surface area (Å²) in [6.45, 7) is 6.18. The van der Waals surface area contributed by atoms with E-state index in [9.17, 15) is 29.1 Å². The van der Waals surface area contributed by atoms with Gasteiger partial charge in [0, 0.05) is 55.8 Å². The summed E-state index contributed by atoms with van der Waals surface area (Å²) in [7, 11) is 1.57. The van der Waals surface area contributed by atoms with Gasteiger partial charge in [-0.3, -0.25) is 24.0 Å². The first kappa shape index (κ1) is 47.3. The fraction of sp³-hybridized carbons (Fsp3) is 0.630. The molecule has 2 aromatic rings. The third-order valence-corrected chi connectivity index (χ3v) is 11.2. The molecule has 2 amide bonds. The zero-order valence-electron chi connectivity index (χ0n) is 35.1. The van der Waals surface area contributed by atoms with Crippen molar-refractivity contribution in [3.63, 3.8) is 0 Å². The number of ketones is 3. The van der Waals surface area contributed by atoms with E-state index in [1.165, 1.54) is 69.3 Å². The van der Waals surface area contributed by atoms with E-state index in [4.69, 9.17) is 16.2 Å². The number of phenols is 1. The summed E-state index contributed by atoms with van der Waals surface area (Å²) in [6.07, 6.45) is 15.3. The predicted octanol–water partition coefficient (Wildman–Crippen LogP) is 7.53. The number of hydrogen-bond acceptors (Lipinski definition) is 9. The molecular formula is C46H70N4O7. The Kier molecular flexibility index (Phi) is 21.0. The van der Waals surface area contributed by atoms with Gasteiger partial charge in [-0.1, -0.05) is 96.6 Å². The zero-order chi connectivity index (χ0) is 41.7. The minimum atomic E-state index is -1.13. The maximum atomic E-state index is 14.5. The van der Waals surface area contributed by atoms with Crippen LogP contribution < -0.4 is 21.5 Å². The van der Waals surface area contributed by atoms with E-state index in [2.05, 4.69) is 12.2 Å². The van der Waals surface area contributed by atoms with Gasteiger partial charge in [0.2, 0.25) is 11.8 Å². The van der Waals surface area contributed by atoms with Crippen LogP contribution in [0.5, 0.6) is 11.5 Å². The molecule has 0 unspecified atom stereocenters. The maximum absolute atomic E-state index is 14.5. The van der Waals surface area contributed by atoms with Crippen LogP contribution in [0.25, 0.3) is 11.1 Å². The van der Waals surface area contributed by atoms with Crippen LogP contribution in [0, 0.1) is 11.8 Å². The van der Waals surface area contributed by atoms with Crippen LogP contribution in [0.3, 0.4) is 0 Å². The van der Waals surface area contributed by atoms with Gasteiger partial charge in [0.15, 0.2) is 11.6 Å². The van der Waals surface area contributed by atoms with Crippen molar-refractivity contribution < 1.29 is 33.8 Å². The number of amides is 2. The number of phenolic OH excluding ortho intramolecular Hbond substituents is 1. The van der Waals surface area contributed by atoms with Crippen LogP contribution in [0.15, 0.2) is 36.4 Å². The lowest BCUT2D eigenvalue weighted by molar-refractivity contribution is -0.144. The number of aromatic hydroxyl groups is 1. The Bertz CT molecular complexity index is 1610. The molecule has 316 valence electrons. The van der Waals surface area contributed by atoms with Crippen molar-refractivity contribution in [1.82, 2.24) is 10.2 Å². The highest BCUT2D eigenvalue weighted by atomic mass is 16.5. The molecule has 0 saturated heterocycles. The number of unbranched alkanes of at least 4 members (excludes halogenated alkanes) is 11. The average molecular weight is 791 g/mol. The minimum absolute atomic E-state index is 0.0323. The maximum Gasteiger partial charge on any atom is 0.226 e. The summed E-state index contributed by atoms with van der Waals surface area (Å²) < 4.78 is 5.97. The Labute approximate surface area is 341 Å². The van der Waals surface area contributed by atoms with Crippen LogP contribution in [0.1, 0.15) is 147 Å². The monoisotopic (exact) mass is 791 g/mol. The number of fused-ring (bicyclic) bond motifs is 5. The molecule has 57 heavy (non-hydrogen) atoms. The quantitative estimate of drug-likeness (QED) is 0.0782. The Morgan fingerprint density at radius 1 is 0.860 bits per heavy atom. The van der Waals surface area contributed by atoms with Crippen molar-refractivity contribution in [2.75, 3.05) is 26.7 Å². The van der Waals surface area contributed by atoms with Crippen LogP contribution in [0.4, 0.5) is 0 Å². The third kappa shape index (κ3) is 15.3. The fourth-order valence-electron chi connectivity index (χ4n) is 7.75. The minimum Gasteiger partial charge on any atom is -0.507 e. The number of likely N-dealkylation sites (N-methyl/N-ethyl adjacent to an activating group) is 1. The number of Topliss-reactive ketones (excluding diaryl/α,β-unsaturated/α-hetero) is 3. The number of hydrogen-bond donors (Lipinski definition) is 4. The zero-order valence-corrected chi connectivity index (χ0v) is 35.1. The molecule has 3 rings (SSSR count). The number of nitrogens with one attached hydrogen (secondary N) is 1. The van der Waals surface area contributed by atoms with Gasteiger partial charge in [0.1, 0.15) is 29.9 Å². The number of ether oxygens (including phenoxy) is 1. The lowest BCUT2D eigenvalue weighted by atomic mass is 9.88. The number of benzene rings is 2. The van der Waals surface area contributed by atoms with E-state index in [1.54, 1.807) is 44.3 Å². The normalized spacial score (nSPS) is 17.7. The second-order valence-electron chi connectivity index (χ2n) is 16.1. The number of carbonyl (C=O) groups excluding carboxylic acids is 5. The molecule has 11 heteroatoms.